The highest BCUT2D eigenvalue weighted by Crippen LogP contribution is 2.24. The summed E-state index contributed by atoms with van der Waals surface area (Å²) in [6.07, 6.45) is 11.8. The van der Waals surface area contributed by atoms with E-state index in [1.807, 2.05) is 68.3 Å². The van der Waals surface area contributed by atoms with Crippen molar-refractivity contribution in [1.29, 1.82) is 0 Å². The van der Waals surface area contributed by atoms with Crippen LogP contribution in [0.15, 0.2) is 42.6 Å². The minimum absolute atomic E-state index is 0.841. The van der Waals surface area contributed by atoms with E-state index in [0.29, 0.717) is 0 Å². The third kappa shape index (κ3) is 3.17. The molecule has 0 unspecified atom stereocenters. The van der Waals surface area contributed by atoms with E-state index in [1.165, 1.54) is 0 Å². The van der Waals surface area contributed by atoms with Crippen molar-refractivity contribution < 1.29 is 0 Å². The Bertz CT molecular complexity index is 364. The number of allylic oxidation sites excluding steroid dienone is 1. The van der Waals surface area contributed by atoms with E-state index in [0.717, 1.165) is 16.5 Å². The average molecular weight is 226 g/mol. The summed E-state index contributed by atoms with van der Waals surface area (Å²) >= 11 is 5.26. The number of hydrogen-bond acceptors (Lipinski definition) is 2. The van der Waals surface area contributed by atoms with Crippen LogP contribution in [0.25, 0.3) is 0 Å². The van der Waals surface area contributed by atoms with Crippen molar-refractivity contribution in [1.82, 2.24) is 0 Å². The standard InChI is InChI=1S/C14H12NS/c16-14(12-6-4-5-7-12)10-11-15-13-8-2-1-3-9-13/h1-11,15H/b11-10-. The summed E-state index contributed by atoms with van der Waals surface area (Å²) in [5, 5.41) is 3.17. The van der Waals surface area contributed by atoms with E-state index in [4.69, 9.17) is 12.2 Å². The first-order valence-electron chi connectivity index (χ1n) is 5.10. The predicted molar refractivity (Wildman–Crippen MR) is 72.2 cm³/mol. The average Bonchev–Trinajstić information content (AvgIpc) is 2.84. The van der Waals surface area contributed by atoms with Crippen LogP contribution in [0.4, 0.5) is 5.69 Å². The molecule has 1 fully saturated rings. The fourth-order valence-corrected chi connectivity index (χ4v) is 1.59. The molecule has 0 amide bonds. The third-order valence-corrected chi connectivity index (χ3v) is 2.58. The Morgan fingerprint density at radius 1 is 1.06 bits per heavy atom. The Hall–Kier alpha value is -1.15. The van der Waals surface area contributed by atoms with Crippen molar-refractivity contribution in [2.75, 3.05) is 5.32 Å². The Labute approximate surface area is 103 Å². The van der Waals surface area contributed by atoms with Gasteiger partial charge in [0, 0.05) is 22.7 Å². The van der Waals surface area contributed by atoms with Gasteiger partial charge in [-0.3, -0.25) is 0 Å². The molecule has 0 saturated heterocycles. The van der Waals surface area contributed by atoms with Gasteiger partial charge in [-0.15, -0.1) is 0 Å². The Balaban J connectivity index is 1.83. The van der Waals surface area contributed by atoms with Crippen LogP contribution < -0.4 is 5.32 Å². The molecule has 1 aliphatic rings. The smallest absolute Gasteiger partial charge is 0.0379 e. The molecule has 1 N–H and O–H groups in total. The fraction of sp³-hybridized carbons (Fsp3) is 0. The lowest BCUT2D eigenvalue weighted by molar-refractivity contribution is 1.47. The molecule has 1 nitrogen and oxygen atoms in total. The molecule has 2 rings (SSSR count). The Morgan fingerprint density at radius 2 is 1.75 bits per heavy atom. The van der Waals surface area contributed by atoms with E-state index in [9.17, 15) is 0 Å². The van der Waals surface area contributed by atoms with Crippen LogP contribution in [0.1, 0.15) is 0 Å². The minimum Gasteiger partial charge on any atom is -0.362 e. The van der Waals surface area contributed by atoms with Gasteiger partial charge in [-0.2, -0.15) is 0 Å². The molecule has 79 valence electrons. The first-order valence-corrected chi connectivity index (χ1v) is 5.51. The normalized spacial score (nSPS) is 16.8. The second-order valence-electron chi connectivity index (χ2n) is 3.38. The lowest BCUT2D eigenvalue weighted by Gasteiger charge is -2.05. The first kappa shape index (κ1) is 11.3. The largest absolute Gasteiger partial charge is 0.362 e. The van der Waals surface area contributed by atoms with Crippen molar-refractivity contribution in [2.24, 2.45) is 0 Å². The van der Waals surface area contributed by atoms with Gasteiger partial charge in [-0.1, -0.05) is 30.4 Å². The molecular formula is C14H12NS. The van der Waals surface area contributed by atoms with E-state index < -0.39 is 0 Å². The molecule has 1 aromatic rings. The van der Waals surface area contributed by atoms with Gasteiger partial charge in [-0.25, -0.2) is 0 Å². The fourth-order valence-electron chi connectivity index (χ4n) is 1.38. The number of nitrogens with one attached hydrogen (secondary N) is 1. The molecule has 5 radical (unpaired) electrons. The summed E-state index contributed by atoms with van der Waals surface area (Å²) in [4.78, 5) is 0.841. The lowest BCUT2D eigenvalue weighted by atomic mass is 10.0. The van der Waals surface area contributed by atoms with E-state index >= 15 is 0 Å². The van der Waals surface area contributed by atoms with Crippen LogP contribution in [0.2, 0.25) is 0 Å². The van der Waals surface area contributed by atoms with Gasteiger partial charge in [0.25, 0.3) is 0 Å². The van der Waals surface area contributed by atoms with Crippen molar-refractivity contribution in [3.8, 4) is 0 Å². The van der Waals surface area contributed by atoms with Crippen LogP contribution in [-0.2, 0) is 0 Å². The number of rotatable bonds is 4. The van der Waals surface area contributed by atoms with E-state index in [2.05, 4.69) is 5.32 Å². The highest BCUT2D eigenvalue weighted by molar-refractivity contribution is 7.81. The Kier molecular flexibility index (Phi) is 4.11. The molecule has 0 bridgehead atoms. The van der Waals surface area contributed by atoms with Crippen LogP contribution in [-0.4, -0.2) is 4.86 Å². The monoisotopic (exact) mass is 226 g/mol. The van der Waals surface area contributed by atoms with Crippen LogP contribution in [0, 0.1) is 31.6 Å². The summed E-state index contributed by atoms with van der Waals surface area (Å²) in [5.41, 5.74) is 1.06. The molecule has 0 atom stereocenters. The minimum atomic E-state index is 0.841. The number of anilines is 1. The van der Waals surface area contributed by atoms with Gasteiger partial charge in [0.2, 0.25) is 0 Å². The number of hydrogen-bond donors (Lipinski definition) is 1. The molecular weight excluding hydrogens is 214 g/mol. The number of benzene rings is 1. The van der Waals surface area contributed by atoms with Crippen LogP contribution >= 0.6 is 12.2 Å². The van der Waals surface area contributed by atoms with Crippen molar-refractivity contribution in [3.63, 3.8) is 0 Å². The van der Waals surface area contributed by atoms with Gasteiger partial charge in [0.15, 0.2) is 0 Å². The molecule has 0 aliphatic heterocycles. The molecule has 16 heavy (non-hydrogen) atoms. The van der Waals surface area contributed by atoms with Gasteiger partial charge in [0.05, 0.1) is 0 Å². The molecule has 0 spiro atoms. The van der Waals surface area contributed by atoms with Crippen LogP contribution in [0.5, 0.6) is 0 Å². The first-order chi connectivity index (χ1) is 7.86. The van der Waals surface area contributed by atoms with Gasteiger partial charge in [0.1, 0.15) is 0 Å². The predicted octanol–water partition coefficient (Wildman–Crippen LogP) is 3.39. The summed E-state index contributed by atoms with van der Waals surface area (Å²) in [7, 11) is 0. The van der Waals surface area contributed by atoms with Crippen LogP contribution in [0.3, 0.4) is 0 Å². The van der Waals surface area contributed by atoms with Crippen molar-refractivity contribution in [2.45, 2.75) is 0 Å². The maximum absolute atomic E-state index is 5.26. The molecule has 2 heteroatoms. The highest BCUT2D eigenvalue weighted by atomic mass is 32.1. The van der Waals surface area contributed by atoms with Gasteiger partial charge < -0.3 is 5.32 Å². The zero-order valence-corrected chi connectivity index (χ0v) is 9.58. The second-order valence-corrected chi connectivity index (χ2v) is 3.82. The van der Waals surface area contributed by atoms with Gasteiger partial charge in [-0.05, 0) is 43.9 Å². The molecule has 1 aromatic carbocycles. The maximum Gasteiger partial charge on any atom is 0.0379 e. The summed E-state index contributed by atoms with van der Waals surface area (Å²) < 4.78 is 0. The summed E-state index contributed by atoms with van der Waals surface area (Å²) in [6, 6.07) is 9.99. The lowest BCUT2D eigenvalue weighted by Crippen LogP contribution is -2.03. The molecule has 0 heterocycles. The zero-order valence-electron chi connectivity index (χ0n) is 8.76. The SMILES string of the molecule is S=C(/C=C\Nc1ccccc1)[C]1[CH][CH][CH][CH]1. The highest BCUT2D eigenvalue weighted by Gasteiger charge is 2.19. The van der Waals surface area contributed by atoms with Crippen molar-refractivity contribution >= 4 is 22.8 Å². The topological polar surface area (TPSA) is 12.0 Å². The maximum atomic E-state index is 5.26. The molecule has 1 aliphatic carbocycles. The summed E-state index contributed by atoms with van der Waals surface area (Å²) in [6.45, 7) is 0. The summed E-state index contributed by atoms with van der Waals surface area (Å²) in [5.74, 6) is 1.08. The van der Waals surface area contributed by atoms with E-state index in [1.54, 1.807) is 0 Å². The molecule has 0 aromatic heterocycles. The second kappa shape index (κ2) is 5.80. The number of para-hydroxylation sites is 1. The Morgan fingerprint density at radius 3 is 2.44 bits per heavy atom. The van der Waals surface area contributed by atoms with Gasteiger partial charge >= 0.3 is 0 Å². The quantitative estimate of drug-likeness (QED) is 0.624. The zero-order chi connectivity index (χ0) is 11.2. The number of thiocarbonyl (C=S) groups is 1. The third-order valence-electron chi connectivity index (χ3n) is 2.21. The van der Waals surface area contributed by atoms with E-state index in [-0.39, 0.29) is 0 Å². The van der Waals surface area contributed by atoms with Crippen molar-refractivity contribution in [3.05, 3.63) is 74.2 Å². The molecule has 1 saturated carbocycles.